The number of aromatic nitrogens is 3. The second-order valence-corrected chi connectivity index (χ2v) is 11.3. The van der Waals surface area contributed by atoms with Gasteiger partial charge < -0.3 is 4.42 Å². The van der Waals surface area contributed by atoms with E-state index in [1.807, 2.05) is 60.7 Å². The van der Waals surface area contributed by atoms with Gasteiger partial charge in [-0.05, 0) is 69.1 Å². The Morgan fingerprint density at radius 3 is 1.87 bits per heavy atom. The summed E-state index contributed by atoms with van der Waals surface area (Å²) < 4.78 is 6.09. The molecule has 2 aromatic heterocycles. The lowest BCUT2D eigenvalue weighted by Crippen LogP contribution is -2.00. The van der Waals surface area contributed by atoms with Crippen LogP contribution in [0.25, 0.3) is 88.8 Å². The number of hydrogen-bond donors (Lipinski definition) is 0. The first kappa shape index (κ1) is 25.4. The summed E-state index contributed by atoms with van der Waals surface area (Å²) in [6.45, 7) is 0. The van der Waals surface area contributed by atoms with Gasteiger partial charge in [0.25, 0.3) is 0 Å². The van der Waals surface area contributed by atoms with Crippen molar-refractivity contribution in [3.63, 3.8) is 0 Å². The van der Waals surface area contributed by atoms with Crippen molar-refractivity contribution < 1.29 is 4.42 Å². The third-order valence-electron chi connectivity index (χ3n) is 8.51. The van der Waals surface area contributed by atoms with Gasteiger partial charge in [0.1, 0.15) is 11.2 Å². The molecule has 210 valence electrons. The highest BCUT2D eigenvalue weighted by Gasteiger charge is 2.16. The molecule has 0 saturated heterocycles. The Bertz CT molecular complexity index is 2550. The highest BCUT2D eigenvalue weighted by molar-refractivity contribution is 6.06. The molecule has 0 aliphatic rings. The van der Waals surface area contributed by atoms with Gasteiger partial charge in [-0.25, -0.2) is 15.0 Å². The van der Waals surface area contributed by atoms with E-state index < -0.39 is 0 Å². The molecule has 0 atom stereocenters. The lowest BCUT2D eigenvalue weighted by atomic mass is 9.96. The summed E-state index contributed by atoms with van der Waals surface area (Å²) in [5.74, 6) is 1.90. The van der Waals surface area contributed by atoms with Crippen LogP contribution in [-0.4, -0.2) is 15.0 Å². The average Bonchev–Trinajstić information content (AvgIpc) is 3.49. The first-order valence-corrected chi connectivity index (χ1v) is 15.0. The van der Waals surface area contributed by atoms with E-state index in [4.69, 9.17) is 19.4 Å². The zero-order chi connectivity index (χ0) is 29.7. The predicted molar refractivity (Wildman–Crippen MR) is 184 cm³/mol. The fraction of sp³-hybridized carbons (Fsp3) is 0. The van der Waals surface area contributed by atoms with E-state index >= 15 is 0 Å². The van der Waals surface area contributed by atoms with Gasteiger partial charge >= 0.3 is 0 Å². The van der Waals surface area contributed by atoms with Gasteiger partial charge in [0.05, 0.1) is 0 Å². The van der Waals surface area contributed by atoms with Crippen molar-refractivity contribution in [1.29, 1.82) is 0 Å². The van der Waals surface area contributed by atoms with E-state index in [2.05, 4.69) is 91.0 Å². The second-order valence-electron chi connectivity index (χ2n) is 11.3. The molecule has 0 unspecified atom stereocenters. The lowest BCUT2D eigenvalue weighted by molar-refractivity contribution is 0.669. The summed E-state index contributed by atoms with van der Waals surface area (Å²) in [6.07, 6.45) is 0. The minimum Gasteiger partial charge on any atom is -0.456 e. The normalized spacial score (nSPS) is 11.6. The first-order chi connectivity index (χ1) is 22.3. The average molecular weight is 576 g/mol. The van der Waals surface area contributed by atoms with Crippen molar-refractivity contribution in [2.75, 3.05) is 0 Å². The molecule has 0 aliphatic heterocycles. The number of rotatable bonds is 4. The number of nitrogens with zero attached hydrogens (tertiary/aromatic N) is 3. The van der Waals surface area contributed by atoms with Gasteiger partial charge in [0.2, 0.25) is 0 Å². The third-order valence-corrected chi connectivity index (χ3v) is 8.51. The molecule has 0 radical (unpaired) electrons. The fourth-order valence-corrected chi connectivity index (χ4v) is 6.23. The SMILES string of the molecule is c1ccc(-c2nc(-c3ccc4oc5ccccc5c4c3)nc(-c3cccc4cc(-c5ccc6ccccc6c5)ccc34)n2)cc1. The molecule has 0 fully saturated rings. The number of para-hydroxylation sites is 1. The Labute approximate surface area is 259 Å². The highest BCUT2D eigenvalue weighted by Crippen LogP contribution is 2.35. The van der Waals surface area contributed by atoms with Crippen LogP contribution in [0.15, 0.2) is 156 Å². The van der Waals surface area contributed by atoms with Gasteiger partial charge in [0.15, 0.2) is 17.5 Å². The molecule has 0 saturated carbocycles. The van der Waals surface area contributed by atoms with E-state index in [1.54, 1.807) is 0 Å². The molecule has 0 spiro atoms. The predicted octanol–water partition coefficient (Wildman–Crippen LogP) is 10.7. The molecule has 4 heteroatoms. The van der Waals surface area contributed by atoms with Crippen molar-refractivity contribution in [3.8, 4) is 45.3 Å². The van der Waals surface area contributed by atoms with Crippen LogP contribution in [-0.2, 0) is 0 Å². The summed E-state index contributed by atoms with van der Waals surface area (Å²) in [5, 5.41) is 6.81. The summed E-state index contributed by atoms with van der Waals surface area (Å²) in [5.41, 5.74) is 6.89. The topological polar surface area (TPSA) is 51.8 Å². The first-order valence-electron chi connectivity index (χ1n) is 15.0. The monoisotopic (exact) mass is 575 g/mol. The summed E-state index contributed by atoms with van der Waals surface area (Å²) in [6, 6.07) is 52.4. The van der Waals surface area contributed by atoms with Crippen molar-refractivity contribution in [2.24, 2.45) is 0 Å². The lowest BCUT2D eigenvalue weighted by Gasteiger charge is -2.11. The Morgan fingerprint density at radius 1 is 0.333 bits per heavy atom. The van der Waals surface area contributed by atoms with Crippen LogP contribution in [0.1, 0.15) is 0 Å². The molecule has 9 aromatic rings. The minimum atomic E-state index is 0.621. The van der Waals surface area contributed by atoms with Gasteiger partial charge in [-0.1, -0.05) is 115 Å². The maximum Gasteiger partial charge on any atom is 0.164 e. The molecule has 0 N–H and O–H groups in total. The summed E-state index contributed by atoms with van der Waals surface area (Å²) >= 11 is 0. The molecule has 0 aliphatic carbocycles. The van der Waals surface area contributed by atoms with Crippen molar-refractivity contribution in [3.05, 3.63) is 152 Å². The molecule has 9 rings (SSSR count). The molecular weight excluding hydrogens is 550 g/mol. The van der Waals surface area contributed by atoms with Gasteiger partial charge in [-0.3, -0.25) is 0 Å². The zero-order valence-corrected chi connectivity index (χ0v) is 24.2. The molecule has 45 heavy (non-hydrogen) atoms. The quantitative estimate of drug-likeness (QED) is 0.209. The second kappa shape index (κ2) is 10.2. The largest absolute Gasteiger partial charge is 0.456 e. The van der Waals surface area contributed by atoms with Crippen molar-refractivity contribution >= 4 is 43.5 Å². The standard InChI is InChI=1S/C41H25N3O/c1-2-10-27(11-3-1)39-42-40(32-20-22-38-36(25-32)34-14-6-7-16-37(34)45-38)44-41(43-39)35-15-8-13-31-24-30(19-21-33(31)35)29-18-17-26-9-4-5-12-28(26)23-29/h1-25H. The van der Waals surface area contributed by atoms with E-state index in [9.17, 15) is 0 Å². The van der Waals surface area contributed by atoms with Crippen LogP contribution in [0.4, 0.5) is 0 Å². The molecular formula is C41H25N3O. The van der Waals surface area contributed by atoms with E-state index in [-0.39, 0.29) is 0 Å². The molecule has 0 amide bonds. The smallest absolute Gasteiger partial charge is 0.164 e. The van der Waals surface area contributed by atoms with Crippen LogP contribution in [0.3, 0.4) is 0 Å². The van der Waals surface area contributed by atoms with Crippen LogP contribution < -0.4 is 0 Å². The Balaban J connectivity index is 1.21. The Morgan fingerprint density at radius 2 is 0.978 bits per heavy atom. The zero-order valence-electron chi connectivity index (χ0n) is 24.2. The highest BCUT2D eigenvalue weighted by atomic mass is 16.3. The molecule has 0 bridgehead atoms. The molecule has 2 heterocycles. The molecule has 4 nitrogen and oxygen atoms in total. The summed E-state index contributed by atoms with van der Waals surface area (Å²) in [7, 11) is 0. The third kappa shape index (κ3) is 4.43. The Hall–Kier alpha value is -6.13. The van der Waals surface area contributed by atoms with Gasteiger partial charge in [0, 0.05) is 27.5 Å². The number of furan rings is 1. The van der Waals surface area contributed by atoms with E-state index in [0.29, 0.717) is 17.5 Å². The summed E-state index contributed by atoms with van der Waals surface area (Å²) in [4.78, 5) is 15.1. The number of hydrogen-bond acceptors (Lipinski definition) is 4. The van der Waals surface area contributed by atoms with Crippen molar-refractivity contribution in [1.82, 2.24) is 15.0 Å². The number of fused-ring (bicyclic) bond motifs is 5. The van der Waals surface area contributed by atoms with Crippen molar-refractivity contribution in [2.45, 2.75) is 0 Å². The maximum atomic E-state index is 6.09. The molecule has 7 aromatic carbocycles. The van der Waals surface area contributed by atoms with Crippen LogP contribution >= 0.6 is 0 Å². The van der Waals surface area contributed by atoms with Gasteiger partial charge in [-0.2, -0.15) is 0 Å². The van der Waals surface area contributed by atoms with Crippen LogP contribution in [0.2, 0.25) is 0 Å². The maximum absolute atomic E-state index is 6.09. The fourth-order valence-electron chi connectivity index (χ4n) is 6.23. The van der Waals surface area contributed by atoms with Crippen LogP contribution in [0.5, 0.6) is 0 Å². The van der Waals surface area contributed by atoms with Gasteiger partial charge in [-0.15, -0.1) is 0 Å². The van der Waals surface area contributed by atoms with Crippen LogP contribution in [0, 0.1) is 0 Å². The number of benzene rings is 7. The van der Waals surface area contributed by atoms with E-state index in [1.165, 1.54) is 21.9 Å². The van der Waals surface area contributed by atoms with E-state index in [0.717, 1.165) is 49.4 Å². The minimum absolute atomic E-state index is 0.621. The Kier molecular flexibility index (Phi) is 5.78.